The molecule has 0 aliphatic rings. The minimum atomic E-state index is 0.575. The molecule has 0 saturated carbocycles. The summed E-state index contributed by atoms with van der Waals surface area (Å²) in [6.45, 7) is 2.00. The Morgan fingerprint density at radius 1 is 1.00 bits per heavy atom. The minimum Gasteiger partial charge on any atom is -0.298 e. The van der Waals surface area contributed by atoms with Gasteiger partial charge < -0.3 is 0 Å². The predicted octanol–water partition coefficient (Wildman–Crippen LogP) is 5.47. The van der Waals surface area contributed by atoms with Crippen LogP contribution in [-0.4, -0.2) is 16.3 Å². The number of fused-ring (bicyclic) bond motifs is 1. The summed E-state index contributed by atoms with van der Waals surface area (Å²) in [4.78, 5) is 20.2. The fourth-order valence-electron chi connectivity index (χ4n) is 2.92. The normalized spacial score (nSPS) is 10.4. The van der Waals surface area contributed by atoms with Gasteiger partial charge in [0.1, 0.15) is 0 Å². The van der Waals surface area contributed by atoms with Gasteiger partial charge in [0.25, 0.3) is 0 Å². The van der Waals surface area contributed by atoms with Crippen molar-refractivity contribution in [1.29, 1.82) is 0 Å². The van der Waals surface area contributed by atoms with Crippen molar-refractivity contribution in [2.45, 2.75) is 6.92 Å². The van der Waals surface area contributed by atoms with Gasteiger partial charge in [-0.3, -0.25) is 9.78 Å². The number of aromatic nitrogens is 2. The highest BCUT2D eigenvalue weighted by Crippen LogP contribution is 2.24. The zero-order valence-corrected chi connectivity index (χ0v) is 15.9. The van der Waals surface area contributed by atoms with Gasteiger partial charge in [0.2, 0.25) is 0 Å². The minimum absolute atomic E-state index is 0.575. The Kier molecular flexibility index (Phi) is 4.89. The van der Waals surface area contributed by atoms with Crippen LogP contribution in [0, 0.1) is 18.8 Å². The first kappa shape index (κ1) is 17.9. The summed E-state index contributed by atoms with van der Waals surface area (Å²) in [7, 11) is 0. The molecule has 4 aromatic rings. The lowest BCUT2D eigenvalue weighted by Gasteiger charge is -2.06. The molecule has 134 valence electrons. The monoisotopic (exact) mass is 382 g/mol. The lowest BCUT2D eigenvalue weighted by atomic mass is 10.0. The average Bonchev–Trinajstić information content (AvgIpc) is 2.72. The quantitative estimate of drug-likeness (QED) is 0.341. The molecule has 0 unspecified atom stereocenters. The van der Waals surface area contributed by atoms with E-state index in [9.17, 15) is 4.79 Å². The summed E-state index contributed by atoms with van der Waals surface area (Å²) in [5.41, 5.74) is 5.76. The molecule has 0 atom stereocenters. The van der Waals surface area contributed by atoms with E-state index in [4.69, 9.17) is 11.6 Å². The lowest BCUT2D eigenvalue weighted by Crippen LogP contribution is -1.92. The smallest absolute Gasteiger partial charge is 0.150 e. The van der Waals surface area contributed by atoms with E-state index >= 15 is 0 Å². The molecule has 0 fully saturated rings. The van der Waals surface area contributed by atoms with Crippen molar-refractivity contribution in [3.8, 4) is 23.1 Å². The average molecular weight is 383 g/mol. The number of hydrogen-bond donors (Lipinski definition) is 0. The summed E-state index contributed by atoms with van der Waals surface area (Å²) >= 11 is 6.23. The molecule has 2 aromatic carbocycles. The number of pyridine rings is 2. The highest BCUT2D eigenvalue weighted by Gasteiger charge is 2.07. The maximum absolute atomic E-state index is 11.4. The van der Waals surface area contributed by atoms with Crippen LogP contribution in [0.15, 0.2) is 67.0 Å². The van der Waals surface area contributed by atoms with E-state index in [1.807, 2.05) is 49.4 Å². The van der Waals surface area contributed by atoms with Crippen molar-refractivity contribution < 1.29 is 4.79 Å². The van der Waals surface area contributed by atoms with E-state index in [1.165, 1.54) is 0 Å². The Morgan fingerprint density at radius 2 is 1.82 bits per heavy atom. The molecule has 2 heterocycles. The van der Waals surface area contributed by atoms with Crippen LogP contribution >= 0.6 is 11.6 Å². The van der Waals surface area contributed by atoms with E-state index in [1.54, 1.807) is 24.5 Å². The summed E-state index contributed by atoms with van der Waals surface area (Å²) < 4.78 is 0. The second-order valence-corrected chi connectivity index (χ2v) is 6.83. The standard InChI is InChI=1S/C24H15ClN2O/c1-16-2-6-18(22(25)12-16)7-3-17-4-8-19(9-5-17)24-13-20(15-28)21-14-26-11-10-23(21)27-24/h2,4-6,8-15H,1H3. The van der Waals surface area contributed by atoms with Gasteiger partial charge in [-0.25, -0.2) is 4.98 Å². The molecule has 0 spiro atoms. The van der Waals surface area contributed by atoms with E-state index in [0.29, 0.717) is 10.6 Å². The Bertz CT molecular complexity index is 1250. The number of aryl methyl sites for hydroxylation is 1. The molecule has 2 aromatic heterocycles. The third kappa shape index (κ3) is 3.64. The topological polar surface area (TPSA) is 42.9 Å². The number of hydrogen-bond acceptors (Lipinski definition) is 3. The van der Waals surface area contributed by atoms with Crippen LogP contribution in [0.25, 0.3) is 22.2 Å². The molecule has 4 rings (SSSR count). The van der Waals surface area contributed by atoms with Crippen LogP contribution in [0.4, 0.5) is 0 Å². The van der Waals surface area contributed by atoms with Gasteiger partial charge in [-0.2, -0.15) is 0 Å². The van der Waals surface area contributed by atoms with Crippen LogP contribution < -0.4 is 0 Å². The first-order valence-corrected chi connectivity index (χ1v) is 9.10. The Labute approximate surface area is 168 Å². The third-order valence-corrected chi connectivity index (χ3v) is 4.73. The largest absolute Gasteiger partial charge is 0.298 e. The van der Waals surface area contributed by atoms with Crippen molar-refractivity contribution in [2.24, 2.45) is 0 Å². The molecule has 4 heteroatoms. The molecule has 0 N–H and O–H groups in total. The highest BCUT2D eigenvalue weighted by molar-refractivity contribution is 6.31. The second kappa shape index (κ2) is 7.64. The van der Waals surface area contributed by atoms with Gasteiger partial charge in [0.15, 0.2) is 6.29 Å². The Balaban J connectivity index is 1.66. The van der Waals surface area contributed by atoms with Crippen LogP contribution in [0.3, 0.4) is 0 Å². The van der Waals surface area contributed by atoms with Crippen molar-refractivity contribution in [3.63, 3.8) is 0 Å². The Hall–Kier alpha value is -3.48. The van der Waals surface area contributed by atoms with Gasteiger partial charge in [-0.1, -0.05) is 41.6 Å². The first-order valence-electron chi connectivity index (χ1n) is 8.72. The molecule has 0 aliphatic heterocycles. The van der Waals surface area contributed by atoms with Crippen LogP contribution in [0.2, 0.25) is 5.02 Å². The van der Waals surface area contributed by atoms with Crippen molar-refractivity contribution in [3.05, 3.63) is 94.3 Å². The predicted molar refractivity (Wildman–Crippen MR) is 113 cm³/mol. The van der Waals surface area contributed by atoms with E-state index in [2.05, 4.69) is 21.8 Å². The number of carbonyl (C=O) groups excluding carboxylic acids is 1. The van der Waals surface area contributed by atoms with Crippen molar-refractivity contribution >= 4 is 28.8 Å². The molecule has 28 heavy (non-hydrogen) atoms. The van der Waals surface area contributed by atoms with Crippen LogP contribution in [0.5, 0.6) is 0 Å². The molecule has 0 aliphatic carbocycles. The van der Waals surface area contributed by atoms with Gasteiger partial charge in [0, 0.05) is 40.0 Å². The van der Waals surface area contributed by atoms with Crippen molar-refractivity contribution in [1.82, 2.24) is 9.97 Å². The number of rotatable bonds is 2. The molecule has 0 bridgehead atoms. The zero-order chi connectivity index (χ0) is 19.5. The fraction of sp³-hybridized carbons (Fsp3) is 0.0417. The number of halogens is 1. The second-order valence-electron chi connectivity index (χ2n) is 6.42. The third-order valence-electron chi connectivity index (χ3n) is 4.42. The van der Waals surface area contributed by atoms with Gasteiger partial charge in [-0.05, 0) is 48.9 Å². The molecule has 3 nitrogen and oxygen atoms in total. The zero-order valence-electron chi connectivity index (χ0n) is 15.1. The molecular weight excluding hydrogens is 368 g/mol. The number of benzene rings is 2. The van der Waals surface area contributed by atoms with E-state index in [-0.39, 0.29) is 0 Å². The molecule has 0 radical (unpaired) electrons. The number of carbonyl (C=O) groups is 1. The number of aldehydes is 1. The summed E-state index contributed by atoms with van der Waals surface area (Å²) in [6.07, 6.45) is 4.16. The maximum Gasteiger partial charge on any atom is 0.150 e. The maximum atomic E-state index is 11.4. The van der Waals surface area contributed by atoms with Crippen LogP contribution in [0.1, 0.15) is 27.0 Å². The van der Waals surface area contributed by atoms with E-state index in [0.717, 1.165) is 45.1 Å². The first-order chi connectivity index (χ1) is 13.6. The van der Waals surface area contributed by atoms with Crippen molar-refractivity contribution in [2.75, 3.05) is 0 Å². The molecule has 0 saturated heterocycles. The highest BCUT2D eigenvalue weighted by atomic mass is 35.5. The Morgan fingerprint density at radius 3 is 2.57 bits per heavy atom. The molecule has 0 amide bonds. The van der Waals surface area contributed by atoms with E-state index < -0.39 is 0 Å². The summed E-state index contributed by atoms with van der Waals surface area (Å²) in [6, 6.07) is 17.2. The van der Waals surface area contributed by atoms with Crippen LogP contribution in [-0.2, 0) is 0 Å². The lowest BCUT2D eigenvalue weighted by molar-refractivity contribution is 0.112. The fourth-order valence-corrected chi connectivity index (χ4v) is 3.21. The van der Waals surface area contributed by atoms with Gasteiger partial charge in [0.05, 0.1) is 16.2 Å². The summed E-state index contributed by atoms with van der Waals surface area (Å²) in [5, 5.41) is 1.40. The molecular formula is C24H15ClN2O. The van der Waals surface area contributed by atoms with Gasteiger partial charge >= 0.3 is 0 Å². The van der Waals surface area contributed by atoms with Gasteiger partial charge in [-0.15, -0.1) is 0 Å². The SMILES string of the molecule is Cc1ccc(C#Cc2ccc(-c3cc(C=O)c4cnccc4n3)cc2)c(Cl)c1. The summed E-state index contributed by atoms with van der Waals surface area (Å²) in [5.74, 6) is 6.24. The number of nitrogens with zero attached hydrogens (tertiary/aromatic N) is 2.